The largest absolute Gasteiger partial charge is 0.388 e. The zero-order valence-corrected chi connectivity index (χ0v) is 7.86. The van der Waals surface area contributed by atoms with Crippen molar-refractivity contribution in [2.45, 2.75) is 6.61 Å². The molecule has 6 heteroatoms. The van der Waals surface area contributed by atoms with E-state index in [2.05, 4.69) is 15.0 Å². The number of nitrogen functional groups attached to an aromatic ring is 1. The van der Waals surface area contributed by atoms with Gasteiger partial charge in [0.15, 0.2) is 11.6 Å². The van der Waals surface area contributed by atoms with Gasteiger partial charge in [0.2, 0.25) is 0 Å². The minimum Gasteiger partial charge on any atom is -0.388 e. The van der Waals surface area contributed by atoms with Gasteiger partial charge in [-0.2, -0.15) is 0 Å². The maximum atomic E-state index is 8.85. The van der Waals surface area contributed by atoms with E-state index in [1.165, 1.54) is 0 Å². The molecule has 0 aliphatic carbocycles. The molecule has 0 aliphatic rings. The summed E-state index contributed by atoms with van der Waals surface area (Å²) in [7, 11) is 0. The molecule has 0 aromatic carbocycles. The Morgan fingerprint density at radius 1 is 1.29 bits per heavy atom. The number of aromatic nitrogens is 3. The number of nitrogens with zero attached hydrogens (tertiary/aromatic N) is 3. The number of hydrogen-bond donors (Lipinski definition) is 2. The minimum absolute atomic E-state index is 0.224. The Balaban J connectivity index is 2.76. The van der Waals surface area contributed by atoms with E-state index in [1.807, 2.05) is 0 Å². The summed E-state index contributed by atoms with van der Waals surface area (Å²) < 4.78 is 0. The molecule has 5 nitrogen and oxygen atoms in total. The predicted molar refractivity (Wildman–Crippen MR) is 52.7 cm³/mol. The number of anilines is 1. The Hall–Kier alpha value is -1.46. The zero-order chi connectivity index (χ0) is 10.1. The van der Waals surface area contributed by atoms with Crippen LogP contribution in [0.2, 0.25) is 5.15 Å². The molecule has 0 radical (unpaired) electrons. The Morgan fingerprint density at radius 2 is 2.07 bits per heavy atom. The fraction of sp³-hybridized carbons (Fsp3) is 0.125. The van der Waals surface area contributed by atoms with Crippen molar-refractivity contribution < 1.29 is 5.11 Å². The number of halogens is 1. The summed E-state index contributed by atoms with van der Waals surface area (Å²) >= 11 is 5.69. The van der Waals surface area contributed by atoms with Crippen LogP contribution in [-0.4, -0.2) is 20.1 Å². The van der Waals surface area contributed by atoms with E-state index in [0.29, 0.717) is 16.2 Å². The summed E-state index contributed by atoms with van der Waals surface area (Å²) in [4.78, 5) is 11.9. The standard InChI is InChI=1S/C8H7ClN4O/c9-5-2-1-4-7(12-5)8(10)13-6(3-14)11-4/h1-2,14H,3H2,(H2,10,11,13). The number of rotatable bonds is 1. The van der Waals surface area contributed by atoms with Crippen molar-refractivity contribution in [3.05, 3.63) is 23.1 Å². The van der Waals surface area contributed by atoms with Crippen molar-refractivity contribution in [3.8, 4) is 0 Å². The molecule has 0 spiro atoms. The molecule has 2 aromatic rings. The van der Waals surface area contributed by atoms with Crippen LogP contribution in [0.15, 0.2) is 12.1 Å². The first-order valence-corrected chi connectivity index (χ1v) is 4.28. The van der Waals surface area contributed by atoms with Gasteiger partial charge >= 0.3 is 0 Å². The second-order valence-electron chi connectivity index (χ2n) is 2.68. The van der Waals surface area contributed by atoms with Gasteiger partial charge in [-0.3, -0.25) is 0 Å². The molecule has 2 heterocycles. The number of fused-ring (bicyclic) bond motifs is 1. The summed E-state index contributed by atoms with van der Waals surface area (Å²) in [6.45, 7) is -0.247. The Kier molecular flexibility index (Phi) is 2.18. The van der Waals surface area contributed by atoms with Gasteiger partial charge in [-0.15, -0.1) is 0 Å². The van der Waals surface area contributed by atoms with Crippen LogP contribution in [0.1, 0.15) is 5.82 Å². The molecule has 3 N–H and O–H groups in total. The van der Waals surface area contributed by atoms with E-state index >= 15 is 0 Å². The third kappa shape index (κ3) is 1.47. The third-order valence-corrected chi connectivity index (χ3v) is 1.93. The number of pyridine rings is 1. The number of aliphatic hydroxyl groups excluding tert-OH is 1. The lowest BCUT2D eigenvalue weighted by Gasteiger charge is -2.02. The molecule has 0 atom stereocenters. The van der Waals surface area contributed by atoms with Gasteiger partial charge in [0.1, 0.15) is 17.3 Å². The molecule has 0 unspecified atom stereocenters. The van der Waals surface area contributed by atoms with Crippen LogP contribution in [0.25, 0.3) is 11.0 Å². The first-order chi connectivity index (χ1) is 6.70. The van der Waals surface area contributed by atoms with E-state index in [9.17, 15) is 0 Å². The molecule has 0 saturated heterocycles. The van der Waals surface area contributed by atoms with Gasteiger partial charge < -0.3 is 10.8 Å². The highest BCUT2D eigenvalue weighted by atomic mass is 35.5. The lowest BCUT2D eigenvalue weighted by Crippen LogP contribution is -2.01. The van der Waals surface area contributed by atoms with Crippen molar-refractivity contribution >= 4 is 28.5 Å². The van der Waals surface area contributed by atoms with Crippen molar-refractivity contribution in [3.63, 3.8) is 0 Å². The fourth-order valence-corrected chi connectivity index (χ4v) is 1.28. The summed E-state index contributed by atoms with van der Waals surface area (Å²) in [6.07, 6.45) is 0. The van der Waals surface area contributed by atoms with E-state index < -0.39 is 0 Å². The van der Waals surface area contributed by atoms with Crippen molar-refractivity contribution in [1.29, 1.82) is 0 Å². The normalized spacial score (nSPS) is 10.7. The molecule has 0 bridgehead atoms. The third-order valence-electron chi connectivity index (χ3n) is 1.72. The Morgan fingerprint density at radius 3 is 2.79 bits per heavy atom. The average Bonchev–Trinajstić information content (AvgIpc) is 2.19. The first-order valence-electron chi connectivity index (χ1n) is 3.90. The average molecular weight is 211 g/mol. The first kappa shape index (κ1) is 9.11. The maximum absolute atomic E-state index is 8.85. The van der Waals surface area contributed by atoms with Gasteiger partial charge in [-0.05, 0) is 12.1 Å². The second kappa shape index (κ2) is 3.36. The predicted octanol–water partition coefficient (Wildman–Crippen LogP) is 0.753. The number of nitrogens with two attached hydrogens (primary N) is 1. The summed E-state index contributed by atoms with van der Waals surface area (Å²) in [6, 6.07) is 3.29. The number of hydrogen-bond acceptors (Lipinski definition) is 5. The van der Waals surface area contributed by atoms with E-state index in [1.54, 1.807) is 12.1 Å². The molecule has 2 rings (SSSR count). The lowest BCUT2D eigenvalue weighted by molar-refractivity contribution is 0.272. The lowest BCUT2D eigenvalue weighted by atomic mass is 10.3. The van der Waals surface area contributed by atoms with Crippen LogP contribution >= 0.6 is 11.6 Å². The molecule has 0 aliphatic heterocycles. The second-order valence-corrected chi connectivity index (χ2v) is 3.07. The highest BCUT2D eigenvalue weighted by Crippen LogP contribution is 2.17. The zero-order valence-electron chi connectivity index (χ0n) is 7.11. The topological polar surface area (TPSA) is 84.9 Å². The fourth-order valence-electron chi connectivity index (χ4n) is 1.13. The van der Waals surface area contributed by atoms with Crippen LogP contribution in [0.4, 0.5) is 5.82 Å². The Bertz CT molecular complexity index is 488. The van der Waals surface area contributed by atoms with Crippen molar-refractivity contribution in [2.75, 3.05) is 5.73 Å². The van der Waals surface area contributed by atoms with Gasteiger partial charge in [0, 0.05) is 0 Å². The monoisotopic (exact) mass is 210 g/mol. The minimum atomic E-state index is -0.247. The molecule has 0 fully saturated rings. The van der Waals surface area contributed by atoms with Gasteiger partial charge in [0.05, 0.1) is 5.52 Å². The number of aliphatic hydroxyl groups is 1. The van der Waals surface area contributed by atoms with E-state index in [-0.39, 0.29) is 18.2 Å². The summed E-state index contributed by atoms with van der Waals surface area (Å²) in [5, 5.41) is 9.19. The molecular weight excluding hydrogens is 204 g/mol. The molecule has 0 amide bonds. The van der Waals surface area contributed by atoms with Crippen LogP contribution in [-0.2, 0) is 6.61 Å². The molecular formula is C8H7ClN4O. The van der Waals surface area contributed by atoms with Crippen LogP contribution < -0.4 is 5.73 Å². The van der Waals surface area contributed by atoms with Gasteiger partial charge in [0.25, 0.3) is 0 Å². The highest BCUT2D eigenvalue weighted by Gasteiger charge is 2.05. The van der Waals surface area contributed by atoms with Crippen molar-refractivity contribution in [2.24, 2.45) is 0 Å². The summed E-state index contributed by atoms with van der Waals surface area (Å²) in [5.74, 6) is 0.501. The van der Waals surface area contributed by atoms with Gasteiger partial charge in [-0.1, -0.05) is 11.6 Å². The summed E-state index contributed by atoms with van der Waals surface area (Å²) in [5.41, 5.74) is 6.65. The van der Waals surface area contributed by atoms with E-state index in [0.717, 1.165) is 0 Å². The SMILES string of the molecule is Nc1nc(CO)nc2ccc(Cl)nc12. The van der Waals surface area contributed by atoms with Crippen LogP contribution in [0, 0.1) is 0 Å². The molecule has 2 aromatic heterocycles. The quantitative estimate of drug-likeness (QED) is 0.679. The van der Waals surface area contributed by atoms with E-state index in [4.69, 9.17) is 22.4 Å². The maximum Gasteiger partial charge on any atom is 0.156 e. The molecule has 14 heavy (non-hydrogen) atoms. The smallest absolute Gasteiger partial charge is 0.156 e. The van der Waals surface area contributed by atoms with Crippen molar-refractivity contribution in [1.82, 2.24) is 15.0 Å². The Labute approximate surface area is 84.6 Å². The highest BCUT2D eigenvalue weighted by molar-refractivity contribution is 6.29. The molecule has 72 valence electrons. The van der Waals surface area contributed by atoms with Crippen LogP contribution in [0.3, 0.4) is 0 Å². The molecule has 0 saturated carbocycles. The van der Waals surface area contributed by atoms with Crippen LogP contribution in [0.5, 0.6) is 0 Å². The van der Waals surface area contributed by atoms with Gasteiger partial charge in [-0.25, -0.2) is 15.0 Å².